The molecule has 0 saturated carbocycles. The second-order valence-electron chi connectivity index (χ2n) is 4.55. The molecule has 0 aliphatic heterocycles. The second kappa shape index (κ2) is 6.00. The molecule has 21 heavy (non-hydrogen) atoms. The number of benzene rings is 1. The number of anilines is 2. The van der Waals surface area contributed by atoms with Gasteiger partial charge in [0.15, 0.2) is 0 Å². The number of pyridine rings is 1. The van der Waals surface area contributed by atoms with E-state index in [2.05, 4.69) is 10.3 Å². The van der Waals surface area contributed by atoms with E-state index in [4.69, 9.17) is 0 Å². The summed E-state index contributed by atoms with van der Waals surface area (Å²) < 4.78 is 0. The Morgan fingerprint density at radius 2 is 2.10 bits per heavy atom. The quantitative estimate of drug-likeness (QED) is 0.688. The fourth-order valence-electron chi connectivity index (χ4n) is 1.83. The zero-order chi connectivity index (χ0) is 15.4. The molecule has 0 fully saturated rings. The number of hydrogen-bond donors (Lipinski definition) is 1. The van der Waals surface area contributed by atoms with Crippen LogP contribution in [0.5, 0.6) is 0 Å². The lowest BCUT2D eigenvalue weighted by Gasteiger charge is -2.13. The number of nitro groups is 1. The van der Waals surface area contributed by atoms with Crippen molar-refractivity contribution in [3.05, 3.63) is 58.4 Å². The molecule has 7 heteroatoms. The Bertz CT molecular complexity index is 671. The summed E-state index contributed by atoms with van der Waals surface area (Å²) in [6.07, 6.45) is 3.09. The van der Waals surface area contributed by atoms with Crippen LogP contribution in [0, 0.1) is 10.1 Å². The molecule has 1 N–H and O–H groups in total. The highest BCUT2D eigenvalue weighted by Gasteiger charge is 2.18. The average Bonchev–Trinajstić information content (AvgIpc) is 2.47. The number of aromatic nitrogens is 1. The van der Waals surface area contributed by atoms with Crippen LogP contribution < -0.4 is 10.2 Å². The summed E-state index contributed by atoms with van der Waals surface area (Å²) in [7, 11) is 3.41. The van der Waals surface area contributed by atoms with E-state index >= 15 is 0 Å². The molecule has 2 rings (SSSR count). The SMILES string of the molecule is CN(C)c1ccc(C(=O)Nc2cccnc2)cc1[N+](=O)[O-]. The summed E-state index contributed by atoms with van der Waals surface area (Å²) in [6, 6.07) is 7.74. The van der Waals surface area contributed by atoms with Crippen molar-refractivity contribution >= 4 is 23.0 Å². The average molecular weight is 286 g/mol. The molecule has 1 amide bonds. The third-order valence-corrected chi connectivity index (χ3v) is 2.84. The van der Waals surface area contributed by atoms with Crippen LogP contribution >= 0.6 is 0 Å². The van der Waals surface area contributed by atoms with Crippen LogP contribution in [0.2, 0.25) is 0 Å². The molecular formula is C14H14N4O3. The van der Waals surface area contributed by atoms with Gasteiger partial charge in [-0.3, -0.25) is 19.9 Å². The first-order valence-electron chi connectivity index (χ1n) is 6.16. The van der Waals surface area contributed by atoms with Crippen molar-refractivity contribution in [2.75, 3.05) is 24.3 Å². The minimum absolute atomic E-state index is 0.112. The molecule has 0 atom stereocenters. The highest BCUT2D eigenvalue weighted by molar-refractivity contribution is 6.05. The smallest absolute Gasteiger partial charge is 0.293 e. The minimum Gasteiger partial charge on any atom is -0.372 e. The van der Waals surface area contributed by atoms with Gasteiger partial charge >= 0.3 is 0 Å². The number of rotatable bonds is 4. The van der Waals surface area contributed by atoms with Crippen molar-refractivity contribution in [3.8, 4) is 0 Å². The van der Waals surface area contributed by atoms with Crippen molar-refractivity contribution < 1.29 is 9.72 Å². The fraction of sp³-hybridized carbons (Fsp3) is 0.143. The lowest BCUT2D eigenvalue weighted by atomic mass is 10.1. The highest BCUT2D eigenvalue weighted by Crippen LogP contribution is 2.27. The van der Waals surface area contributed by atoms with E-state index in [0.717, 1.165) is 0 Å². The molecule has 2 aromatic rings. The Morgan fingerprint density at radius 3 is 2.67 bits per heavy atom. The third-order valence-electron chi connectivity index (χ3n) is 2.84. The Hall–Kier alpha value is -2.96. The number of carbonyl (C=O) groups is 1. The lowest BCUT2D eigenvalue weighted by Crippen LogP contribution is -2.15. The molecule has 1 aromatic carbocycles. The Morgan fingerprint density at radius 1 is 1.33 bits per heavy atom. The predicted octanol–water partition coefficient (Wildman–Crippen LogP) is 2.31. The number of nitrogens with one attached hydrogen (secondary N) is 1. The molecule has 0 aliphatic carbocycles. The first-order valence-corrected chi connectivity index (χ1v) is 6.16. The first-order chi connectivity index (χ1) is 9.99. The summed E-state index contributed by atoms with van der Waals surface area (Å²) in [5, 5.41) is 13.7. The van der Waals surface area contributed by atoms with Crippen LogP contribution in [-0.4, -0.2) is 29.9 Å². The number of carbonyl (C=O) groups excluding carboxylic acids is 1. The number of nitrogens with zero attached hydrogens (tertiary/aromatic N) is 3. The molecule has 1 heterocycles. The molecular weight excluding hydrogens is 272 g/mol. The van der Waals surface area contributed by atoms with Gasteiger partial charge in [0, 0.05) is 31.9 Å². The van der Waals surface area contributed by atoms with Crippen molar-refractivity contribution in [1.82, 2.24) is 4.98 Å². The van der Waals surface area contributed by atoms with Crippen LogP contribution in [0.25, 0.3) is 0 Å². The number of nitro benzene ring substituents is 1. The molecule has 0 bridgehead atoms. The molecule has 1 aromatic heterocycles. The first kappa shape index (κ1) is 14.4. The largest absolute Gasteiger partial charge is 0.372 e. The van der Waals surface area contributed by atoms with E-state index in [1.807, 2.05) is 0 Å². The minimum atomic E-state index is -0.504. The summed E-state index contributed by atoms with van der Waals surface area (Å²) in [6.45, 7) is 0. The van der Waals surface area contributed by atoms with E-state index in [-0.39, 0.29) is 11.3 Å². The van der Waals surface area contributed by atoms with Crippen molar-refractivity contribution in [1.29, 1.82) is 0 Å². The molecule has 0 spiro atoms. The van der Waals surface area contributed by atoms with Gasteiger partial charge in [-0.25, -0.2) is 0 Å². The Labute approximate surface area is 121 Å². The van der Waals surface area contributed by atoms with Gasteiger partial charge in [-0.1, -0.05) is 0 Å². The zero-order valence-electron chi connectivity index (χ0n) is 11.6. The molecule has 0 saturated heterocycles. The van der Waals surface area contributed by atoms with Gasteiger partial charge in [0.1, 0.15) is 5.69 Å². The lowest BCUT2D eigenvalue weighted by molar-refractivity contribution is -0.384. The van der Waals surface area contributed by atoms with Crippen LogP contribution in [0.1, 0.15) is 10.4 Å². The Kier molecular flexibility index (Phi) is 4.13. The van der Waals surface area contributed by atoms with Crippen LogP contribution in [0.4, 0.5) is 17.1 Å². The van der Waals surface area contributed by atoms with E-state index in [1.54, 1.807) is 49.5 Å². The normalized spacial score (nSPS) is 10.0. The monoisotopic (exact) mass is 286 g/mol. The number of hydrogen-bond acceptors (Lipinski definition) is 5. The standard InChI is InChI=1S/C14H14N4O3/c1-17(2)12-6-5-10(8-13(12)18(20)21)14(19)16-11-4-3-7-15-9-11/h3-9H,1-2H3,(H,16,19). The fourth-order valence-corrected chi connectivity index (χ4v) is 1.83. The summed E-state index contributed by atoms with van der Waals surface area (Å²) in [5.74, 6) is -0.420. The molecule has 7 nitrogen and oxygen atoms in total. The van der Waals surface area contributed by atoms with Gasteiger partial charge in [-0.2, -0.15) is 0 Å². The second-order valence-corrected chi connectivity index (χ2v) is 4.55. The van der Waals surface area contributed by atoms with Crippen LogP contribution in [-0.2, 0) is 0 Å². The van der Waals surface area contributed by atoms with Crippen LogP contribution in [0.3, 0.4) is 0 Å². The summed E-state index contributed by atoms with van der Waals surface area (Å²) >= 11 is 0. The topological polar surface area (TPSA) is 88.4 Å². The maximum atomic E-state index is 12.1. The summed E-state index contributed by atoms with van der Waals surface area (Å²) in [4.78, 5) is 28.2. The highest BCUT2D eigenvalue weighted by atomic mass is 16.6. The molecule has 0 unspecified atom stereocenters. The predicted molar refractivity (Wildman–Crippen MR) is 79.6 cm³/mol. The maximum Gasteiger partial charge on any atom is 0.293 e. The van der Waals surface area contributed by atoms with E-state index < -0.39 is 10.8 Å². The van der Waals surface area contributed by atoms with E-state index in [0.29, 0.717) is 11.4 Å². The van der Waals surface area contributed by atoms with Crippen molar-refractivity contribution in [3.63, 3.8) is 0 Å². The van der Waals surface area contributed by atoms with Gasteiger partial charge in [0.05, 0.1) is 16.8 Å². The van der Waals surface area contributed by atoms with Gasteiger partial charge in [-0.15, -0.1) is 0 Å². The van der Waals surface area contributed by atoms with Gasteiger partial charge in [0.2, 0.25) is 0 Å². The number of amides is 1. The van der Waals surface area contributed by atoms with Crippen molar-refractivity contribution in [2.24, 2.45) is 0 Å². The maximum absolute atomic E-state index is 12.1. The van der Waals surface area contributed by atoms with E-state index in [1.165, 1.54) is 12.3 Å². The zero-order valence-corrected chi connectivity index (χ0v) is 11.6. The van der Waals surface area contributed by atoms with Gasteiger partial charge in [-0.05, 0) is 24.3 Å². The molecule has 108 valence electrons. The third kappa shape index (κ3) is 3.33. The molecule has 0 aliphatic rings. The van der Waals surface area contributed by atoms with E-state index in [9.17, 15) is 14.9 Å². The van der Waals surface area contributed by atoms with Gasteiger partial charge < -0.3 is 10.2 Å². The Balaban J connectivity index is 2.30. The summed E-state index contributed by atoms with van der Waals surface area (Å²) in [5.41, 5.74) is 1.08. The van der Waals surface area contributed by atoms with Crippen LogP contribution in [0.15, 0.2) is 42.7 Å². The van der Waals surface area contributed by atoms with Crippen molar-refractivity contribution in [2.45, 2.75) is 0 Å². The molecule has 0 radical (unpaired) electrons. The van der Waals surface area contributed by atoms with Gasteiger partial charge in [0.25, 0.3) is 11.6 Å².